The predicted octanol–water partition coefficient (Wildman–Crippen LogP) is 2.67. The Balaban J connectivity index is 2.27. The molecule has 0 aromatic heterocycles. The molecule has 1 N–H and O–H groups in total. The summed E-state index contributed by atoms with van der Waals surface area (Å²) in [5.41, 5.74) is -0.0573. The van der Waals surface area contributed by atoms with Crippen LogP contribution in [0.1, 0.15) is 18.9 Å². The highest BCUT2D eigenvalue weighted by molar-refractivity contribution is 5.26. The second kappa shape index (κ2) is 3.23. The number of hydrogen-bond acceptors (Lipinski definition) is 1. The molecule has 1 atom stereocenters. The molecule has 1 aromatic rings. The van der Waals surface area contributed by atoms with E-state index in [-0.39, 0.29) is 18.8 Å². The summed E-state index contributed by atoms with van der Waals surface area (Å²) in [6.45, 7) is 1.39. The first kappa shape index (κ1) is 10.5. The van der Waals surface area contributed by atoms with Crippen molar-refractivity contribution in [1.82, 2.24) is 5.32 Å². The van der Waals surface area contributed by atoms with Crippen LogP contribution in [-0.4, -0.2) is 12.5 Å². The van der Waals surface area contributed by atoms with Gasteiger partial charge in [-0.3, -0.25) is 0 Å². The van der Waals surface area contributed by atoms with Gasteiger partial charge in [0.1, 0.15) is 5.82 Å². The maximum atomic E-state index is 13.1. The Hall–Kier alpha value is -1.03. The van der Waals surface area contributed by atoms with E-state index in [4.69, 9.17) is 0 Å². The van der Waals surface area contributed by atoms with Gasteiger partial charge in [-0.1, -0.05) is 12.1 Å². The highest BCUT2D eigenvalue weighted by Crippen LogP contribution is 2.38. The van der Waals surface area contributed by atoms with Gasteiger partial charge in [0, 0.05) is 12.0 Å². The molecule has 1 unspecified atom stereocenters. The van der Waals surface area contributed by atoms with Gasteiger partial charge < -0.3 is 5.32 Å². The number of alkyl halides is 2. The summed E-state index contributed by atoms with van der Waals surface area (Å²) in [4.78, 5) is 0. The van der Waals surface area contributed by atoms with Gasteiger partial charge in [-0.05, 0) is 24.6 Å². The molecule has 0 spiro atoms. The Morgan fingerprint density at radius 1 is 1.20 bits per heavy atom. The fourth-order valence-electron chi connectivity index (χ4n) is 1.99. The minimum Gasteiger partial charge on any atom is -0.302 e. The quantitative estimate of drug-likeness (QED) is 0.759. The number of halogens is 3. The summed E-state index contributed by atoms with van der Waals surface area (Å²) in [6, 6.07) is 5.67. The van der Waals surface area contributed by atoms with Crippen molar-refractivity contribution >= 4 is 0 Å². The van der Waals surface area contributed by atoms with E-state index in [1.807, 2.05) is 0 Å². The van der Waals surface area contributed by atoms with Gasteiger partial charge in [0.05, 0.1) is 6.54 Å². The molecule has 4 heteroatoms. The summed E-state index contributed by atoms with van der Waals surface area (Å²) in [5.74, 6) is -3.03. The molecule has 1 nitrogen and oxygen atoms in total. The van der Waals surface area contributed by atoms with Crippen LogP contribution in [0.3, 0.4) is 0 Å². The van der Waals surface area contributed by atoms with Gasteiger partial charge in [0.15, 0.2) is 0 Å². The van der Waals surface area contributed by atoms with Crippen molar-refractivity contribution in [1.29, 1.82) is 0 Å². The average Bonchev–Trinajstić information content (AvgIpc) is 2.43. The third-order valence-electron chi connectivity index (χ3n) is 2.83. The van der Waals surface area contributed by atoms with E-state index < -0.39 is 11.5 Å². The van der Waals surface area contributed by atoms with E-state index in [0.717, 1.165) is 0 Å². The fourth-order valence-corrected chi connectivity index (χ4v) is 1.99. The van der Waals surface area contributed by atoms with E-state index in [1.165, 1.54) is 12.1 Å². The lowest BCUT2D eigenvalue weighted by molar-refractivity contribution is 0.0165. The smallest absolute Gasteiger partial charge is 0.262 e. The molecule has 82 valence electrons. The molecule has 1 aromatic carbocycles. The van der Waals surface area contributed by atoms with Crippen LogP contribution in [0.2, 0.25) is 0 Å². The van der Waals surface area contributed by atoms with Crippen molar-refractivity contribution in [2.45, 2.75) is 24.8 Å². The van der Waals surface area contributed by atoms with Crippen molar-refractivity contribution in [3.8, 4) is 0 Å². The van der Waals surface area contributed by atoms with Crippen LogP contribution in [0.15, 0.2) is 24.3 Å². The molecule has 1 aliphatic rings. The van der Waals surface area contributed by atoms with Gasteiger partial charge in [0.2, 0.25) is 0 Å². The lowest BCUT2D eigenvalue weighted by Crippen LogP contribution is -2.32. The number of rotatable bonds is 1. The van der Waals surface area contributed by atoms with Gasteiger partial charge in [0.25, 0.3) is 5.92 Å². The lowest BCUT2D eigenvalue weighted by Gasteiger charge is -2.24. The Bertz CT molecular complexity index is 361. The van der Waals surface area contributed by atoms with Gasteiger partial charge >= 0.3 is 0 Å². The van der Waals surface area contributed by atoms with Crippen molar-refractivity contribution in [2.24, 2.45) is 0 Å². The van der Waals surface area contributed by atoms with Crippen molar-refractivity contribution < 1.29 is 13.2 Å². The van der Waals surface area contributed by atoms with E-state index in [0.29, 0.717) is 5.56 Å². The molecule has 2 rings (SSSR count). The fraction of sp³-hybridized carbons (Fsp3) is 0.455. The summed E-state index contributed by atoms with van der Waals surface area (Å²) in [7, 11) is 0. The second-order valence-corrected chi connectivity index (χ2v) is 4.23. The van der Waals surface area contributed by atoms with Gasteiger partial charge in [-0.2, -0.15) is 0 Å². The first-order valence-corrected chi connectivity index (χ1v) is 4.80. The Labute approximate surface area is 86.3 Å². The lowest BCUT2D eigenvalue weighted by atomic mass is 9.90. The van der Waals surface area contributed by atoms with E-state index in [9.17, 15) is 13.2 Å². The van der Waals surface area contributed by atoms with Crippen molar-refractivity contribution in [3.05, 3.63) is 35.6 Å². The molecule has 0 radical (unpaired) electrons. The molecule has 1 aliphatic heterocycles. The van der Waals surface area contributed by atoms with Gasteiger partial charge in [-0.25, -0.2) is 13.2 Å². The topological polar surface area (TPSA) is 12.0 Å². The molecule has 1 saturated heterocycles. The van der Waals surface area contributed by atoms with Crippen LogP contribution >= 0.6 is 0 Å². The van der Waals surface area contributed by atoms with E-state index >= 15 is 0 Å². The monoisotopic (exact) mass is 215 g/mol. The minimum absolute atomic E-state index is 0.244. The summed E-state index contributed by atoms with van der Waals surface area (Å²) < 4.78 is 38.8. The highest BCUT2D eigenvalue weighted by Gasteiger charge is 2.47. The highest BCUT2D eigenvalue weighted by atomic mass is 19.3. The molecule has 0 amide bonds. The zero-order chi connectivity index (χ0) is 11.1. The first-order valence-electron chi connectivity index (χ1n) is 4.80. The molecule has 1 heterocycles. The van der Waals surface area contributed by atoms with Crippen LogP contribution in [0.5, 0.6) is 0 Å². The number of benzene rings is 1. The van der Waals surface area contributed by atoms with Gasteiger partial charge in [-0.15, -0.1) is 0 Å². The molecule has 0 bridgehead atoms. The SMILES string of the molecule is CC1(c2ccc(F)cc2)CC(F)(F)CN1. The number of nitrogens with one attached hydrogen (secondary N) is 1. The first-order chi connectivity index (χ1) is 6.91. The minimum atomic E-state index is -2.68. The van der Waals surface area contributed by atoms with Crippen molar-refractivity contribution in [3.63, 3.8) is 0 Å². The summed E-state index contributed by atoms with van der Waals surface area (Å²) in [6.07, 6.45) is -0.244. The zero-order valence-electron chi connectivity index (χ0n) is 8.36. The molecule has 0 saturated carbocycles. The maximum Gasteiger partial charge on any atom is 0.262 e. The zero-order valence-corrected chi connectivity index (χ0v) is 8.36. The summed E-state index contributed by atoms with van der Waals surface area (Å²) >= 11 is 0. The largest absolute Gasteiger partial charge is 0.302 e. The van der Waals surface area contributed by atoms with Crippen LogP contribution in [0.4, 0.5) is 13.2 Å². The molecular weight excluding hydrogens is 203 g/mol. The third-order valence-corrected chi connectivity index (χ3v) is 2.83. The summed E-state index contributed by atoms with van der Waals surface area (Å²) in [5, 5.41) is 2.79. The Morgan fingerprint density at radius 2 is 1.80 bits per heavy atom. The van der Waals surface area contributed by atoms with Crippen LogP contribution in [0, 0.1) is 5.82 Å². The Kier molecular flexibility index (Phi) is 2.26. The third kappa shape index (κ3) is 2.00. The molecule has 1 fully saturated rings. The van der Waals surface area contributed by atoms with Crippen LogP contribution in [-0.2, 0) is 5.54 Å². The van der Waals surface area contributed by atoms with Crippen LogP contribution in [0.25, 0.3) is 0 Å². The van der Waals surface area contributed by atoms with E-state index in [2.05, 4.69) is 5.32 Å². The average molecular weight is 215 g/mol. The standard InChI is InChI=1S/C11H12F3N/c1-10(6-11(13,14)7-15-10)8-2-4-9(12)5-3-8/h2-5,15H,6-7H2,1H3. The molecule has 15 heavy (non-hydrogen) atoms. The van der Waals surface area contributed by atoms with Crippen molar-refractivity contribution in [2.75, 3.05) is 6.54 Å². The molecule has 0 aliphatic carbocycles. The van der Waals surface area contributed by atoms with Crippen LogP contribution < -0.4 is 5.32 Å². The Morgan fingerprint density at radius 3 is 2.27 bits per heavy atom. The maximum absolute atomic E-state index is 13.1. The number of hydrogen-bond donors (Lipinski definition) is 1. The predicted molar refractivity (Wildman–Crippen MR) is 51.3 cm³/mol. The molecular formula is C11H12F3N. The normalized spacial score (nSPS) is 29.3. The van der Waals surface area contributed by atoms with E-state index in [1.54, 1.807) is 19.1 Å². The second-order valence-electron chi connectivity index (χ2n) is 4.23.